The second-order valence-corrected chi connectivity index (χ2v) is 5.25. The van der Waals surface area contributed by atoms with Gasteiger partial charge in [0.15, 0.2) is 5.78 Å². The smallest absolute Gasteiger partial charge is 0.187 e. The summed E-state index contributed by atoms with van der Waals surface area (Å²) >= 11 is 0. The third kappa shape index (κ3) is 1.51. The molecule has 0 N–H and O–H groups in total. The molecule has 0 aliphatic heterocycles. The van der Waals surface area contributed by atoms with E-state index in [0.717, 1.165) is 35.3 Å². The Kier molecular flexibility index (Phi) is 2.22. The van der Waals surface area contributed by atoms with Gasteiger partial charge in [0.25, 0.3) is 0 Å². The van der Waals surface area contributed by atoms with Crippen molar-refractivity contribution in [1.82, 2.24) is 0 Å². The van der Waals surface area contributed by atoms with Gasteiger partial charge in [0.1, 0.15) is 0 Å². The third-order valence-electron chi connectivity index (χ3n) is 4.13. The summed E-state index contributed by atoms with van der Waals surface area (Å²) in [6.07, 6.45) is 7.34. The van der Waals surface area contributed by atoms with Gasteiger partial charge in [-0.2, -0.15) is 0 Å². The van der Waals surface area contributed by atoms with Crippen LogP contribution >= 0.6 is 0 Å². The van der Waals surface area contributed by atoms with Crippen LogP contribution in [-0.4, -0.2) is 5.78 Å². The molecule has 92 valence electrons. The number of ketones is 1. The zero-order valence-electron chi connectivity index (χ0n) is 10.6. The zero-order chi connectivity index (χ0) is 12.8. The van der Waals surface area contributed by atoms with Crippen LogP contribution in [-0.2, 0) is 6.42 Å². The minimum atomic E-state index is 0.167. The highest BCUT2D eigenvalue weighted by Gasteiger charge is 2.16. The number of fused-ring (bicyclic) bond motifs is 4. The predicted octanol–water partition coefficient (Wildman–Crippen LogP) is 2.07. The molecule has 2 aliphatic rings. The van der Waals surface area contributed by atoms with Crippen LogP contribution in [0.2, 0.25) is 0 Å². The molecule has 2 aromatic carbocycles. The molecular formula is C18H14O. The maximum atomic E-state index is 12.5. The normalized spacial score (nSPS) is 15.7. The fraction of sp³-hybridized carbons (Fsp3) is 0.167. The zero-order valence-corrected chi connectivity index (χ0v) is 10.6. The molecule has 0 saturated heterocycles. The lowest BCUT2D eigenvalue weighted by atomic mass is 9.88. The summed E-state index contributed by atoms with van der Waals surface area (Å²) in [6.45, 7) is 0. The van der Waals surface area contributed by atoms with Crippen molar-refractivity contribution in [2.24, 2.45) is 0 Å². The highest BCUT2D eigenvalue weighted by atomic mass is 16.1. The van der Waals surface area contributed by atoms with Gasteiger partial charge in [-0.1, -0.05) is 42.5 Å². The van der Waals surface area contributed by atoms with E-state index in [1.54, 1.807) is 6.08 Å². The Morgan fingerprint density at radius 3 is 2.74 bits per heavy atom. The number of hydrogen-bond donors (Lipinski definition) is 0. The van der Waals surface area contributed by atoms with Gasteiger partial charge in [-0.05, 0) is 51.8 Å². The quantitative estimate of drug-likeness (QED) is 0.695. The van der Waals surface area contributed by atoms with Crippen molar-refractivity contribution >= 4 is 17.9 Å². The molecule has 2 aliphatic carbocycles. The topological polar surface area (TPSA) is 17.1 Å². The van der Waals surface area contributed by atoms with Crippen molar-refractivity contribution in [3.05, 3.63) is 68.4 Å². The molecular weight excluding hydrogens is 232 g/mol. The Labute approximate surface area is 111 Å². The molecule has 1 heteroatoms. The molecule has 0 aromatic heterocycles. The summed E-state index contributed by atoms with van der Waals surface area (Å²) in [5.74, 6) is 0.167. The monoisotopic (exact) mass is 246 g/mol. The Morgan fingerprint density at radius 2 is 1.79 bits per heavy atom. The fourth-order valence-corrected chi connectivity index (χ4v) is 3.25. The van der Waals surface area contributed by atoms with Gasteiger partial charge in [-0.3, -0.25) is 4.79 Å². The van der Waals surface area contributed by atoms with E-state index in [9.17, 15) is 4.79 Å². The van der Waals surface area contributed by atoms with Crippen molar-refractivity contribution < 1.29 is 4.79 Å². The third-order valence-corrected chi connectivity index (χ3v) is 4.13. The highest BCUT2D eigenvalue weighted by molar-refractivity contribution is 6.18. The van der Waals surface area contributed by atoms with Crippen LogP contribution in [0.25, 0.3) is 12.2 Å². The predicted molar refractivity (Wildman–Crippen MR) is 76.0 cm³/mol. The molecule has 0 fully saturated rings. The number of carbonyl (C=O) groups excluding carboxylic acids is 1. The van der Waals surface area contributed by atoms with Crippen molar-refractivity contribution in [3.63, 3.8) is 0 Å². The van der Waals surface area contributed by atoms with Crippen molar-refractivity contribution in [2.75, 3.05) is 0 Å². The van der Waals surface area contributed by atoms with Gasteiger partial charge in [-0.15, -0.1) is 0 Å². The summed E-state index contributed by atoms with van der Waals surface area (Å²) in [7, 11) is 0. The Hall–Kier alpha value is -2.15. The molecule has 0 spiro atoms. The lowest BCUT2D eigenvalue weighted by molar-refractivity contribution is 0.105. The summed E-state index contributed by atoms with van der Waals surface area (Å²) in [5.41, 5.74) is 2.19. The molecule has 0 saturated carbocycles. The van der Waals surface area contributed by atoms with Crippen molar-refractivity contribution in [3.8, 4) is 0 Å². The maximum absolute atomic E-state index is 12.5. The molecule has 4 rings (SSSR count). The first-order chi connectivity index (χ1) is 9.34. The second-order valence-electron chi connectivity index (χ2n) is 5.25. The molecule has 19 heavy (non-hydrogen) atoms. The first-order valence-corrected chi connectivity index (χ1v) is 6.82. The maximum Gasteiger partial charge on any atom is 0.187 e. The average Bonchev–Trinajstić information content (AvgIpc) is 2.46. The molecule has 0 unspecified atom stereocenters. The Bertz CT molecular complexity index is 904. The van der Waals surface area contributed by atoms with E-state index < -0.39 is 0 Å². The Morgan fingerprint density at radius 1 is 0.895 bits per heavy atom. The number of hydrogen-bond acceptors (Lipinski definition) is 1. The first kappa shape index (κ1) is 10.7. The van der Waals surface area contributed by atoms with Gasteiger partial charge >= 0.3 is 0 Å². The molecule has 0 heterocycles. The van der Waals surface area contributed by atoms with E-state index in [2.05, 4.69) is 24.3 Å². The lowest BCUT2D eigenvalue weighted by Gasteiger charge is -2.15. The second kappa shape index (κ2) is 3.92. The van der Waals surface area contributed by atoms with E-state index in [-0.39, 0.29) is 5.78 Å². The molecule has 0 radical (unpaired) electrons. The molecule has 0 amide bonds. The SMILES string of the molecule is O=C1C=c2ccccc2=c2ccc3c(c21)CCCC=3. The van der Waals surface area contributed by atoms with E-state index >= 15 is 0 Å². The number of benzene rings is 2. The van der Waals surface area contributed by atoms with Gasteiger partial charge < -0.3 is 0 Å². The summed E-state index contributed by atoms with van der Waals surface area (Å²) in [4.78, 5) is 12.5. The lowest BCUT2D eigenvalue weighted by Crippen LogP contribution is -2.22. The fourth-order valence-electron chi connectivity index (χ4n) is 3.25. The van der Waals surface area contributed by atoms with Crippen LogP contribution in [0.5, 0.6) is 0 Å². The van der Waals surface area contributed by atoms with E-state index in [4.69, 9.17) is 0 Å². The number of rotatable bonds is 0. The van der Waals surface area contributed by atoms with Crippen LogP contribution in [0.15, 0.2) is 36.4 Å². The van der Waals surface area contributed by atoms with Crippen LogP contribution < -0.4 is 10.4 Å². The average molecular weight is 246 g/mol. The van der Waals surface area contributed by atoms with E-state index in [1.807, 2.05) is 18.2 Å². The number of carbonyl (C=O) groups is 1. The first-order valence-electron chi connectivity index (χ1n) is 6.82. The van der Waals surface area contributed by atoms with Gasteiger partial charge in [0.05, 0.1) is 0 Å². The summed E-state index contributed by atoms with van der Waals surface area (Å²) < 4.78 is 0. The minimum Gasteiger partial charge on any atom is -0.289 e. The van der Waals surface area contributed by atoms with Crippen LogP contribution in [0, 0.1) is 10.4 Å². The van der Waals surface area contributed by atoms with Crippen LogP contribution in [0.4, 0.5) is 0 Å². The van der Waals surface area contributed by atoms with Crippen molar-refractivity contribution in [2.45, 2.75) is 19.3 Å². The molecule has 0 atom stereocenters. The van der Waals surface area contributed by atoms with Crippen LogP contribution in [0.3, 0.4) is 0 Å². The standard InChI is InChI=1S/C18H14O/c19-17-11-13-6-2-3-7-14(13)16-10-9-12-5-1-4-8-15(12)18(16)17/h2-3,5-7,9-11H,1,4,8H2. The van der Waals surface area contributed by atoms with E-state index in [1.165, 1.54) is 16.0 Å². The Balaban J connectivity index is 2.30. The number of Topliss-reactive ketones (excluding diaryl/α,β-unsaturated/α-hetero) is 1. The van der Waals surface area contributed by atoms with Crippen LogP contribution in [0.1, 0.15) is 28.8 Å². The minimum absolute atomic E-state index is 0.167. The molecule has 2 aromatic rings. The largest absolute Gasteiger partial charge is 0.289 e. The molecule has 0 bridgehead atoms. The van der Waals surface area contributed by atoms with Crippen molar-refractivity contribution in [1.29, 1.82) is 0 Å². The highest BCUT2D eigenvalue weighted by Crippen LogP contribution is 2.17. The molecule has 1 nitrogen and oxygen atoms in total. The summed E-state index contributed by atoms with van der Waals surface area (Å²) in [5, 5.41) is 4.59. The van der Waals surface area contributed by atoms with E-state index in [0.29, 0.717) is 0 Å². The summed E-state index contributed by atoms with van der Waals surface area (Å²) in [6, 6.07) is 12.4. The van der Waals surface area contributed by atoms with Gasteiger partial charge in [0, 0.05) is 5.56 Å². The van der Waals surface area contributed by atoms with Gasteiger partial charge in [0.2, 0.25) is 0 Å². The van der Waals surface area contributed by atoms with Gasteiger partial charge in [-0.25, -0.2) is 0 Å².